The average molecular weight is 511 g/mol. The Kier molecular flexibility index (Phi) is 8.67. The minimum atomic E-state index is -0.256. The molecule has 0 aliphatic heterocycles. The van der Waals surface area contributed by atoms with E-state index in [-0.39, 0.29) is 22.6 Å². The second-order valence-corrected chi connectivity index (χ2v) is 11.5. The van der Waals surface area contributed by atoms with E-state index in [0.29, 0.717) is 22.6 Å². The molecular weight excluding hydrogens is 472 g/mol. The molecule has 0 heterocycles. The van der Waals surface area contributed by atoms with Crippen LogP contribution in [-0.2, 0) is 10.8 Å². The molecule has 2 N–H and O–H groups in total. The van der Waals surface area contributed by atoms with Crippen molar-refractivity contribution in [1.29, 1.82) is 0 Å². The molecular formula is C32H38N4O2. The second-order valence-electron chi connectivity index (χ2n) is 11.5. The van der Waals surface area contributed by atoms with E-state index in [2.05, 4.69) is 62.6 Å². The quantitative estimate of drug-likeness (QED) is 0.290. The van der Waals surface area contributed by atoms with Crippen LogP contribution in [0.2, 0.25) is 0 Å². The molecule has 6 nitrogen and oxygen atoms in total. The summed E-state index contributed by atoms with van der Waals surface area (Å²) in [5.41, 5.74) is 11.9. The van der Waals surface area contributed by atoms with Gasteiger partial charge in [0.15, 0.2) is 0 Å². The Morgan fingerprint density at radius 1 is 0.500 bits per heavy atom. The molecule has 3 rings (SSSR count). The lowest BCUT2D eigenvalue weighted by Gasteiger charge is -2.18. The molecule has 0 saturated heterocycles. The molecule has 0 aliphatic carbocycles. The fourth-order valence-corrected chi connectivity index (χ4v) is 3.72. The van der Waals surface area contributed by atoms with Gasteiger partial charge in [0.05, 0.1) is 11.4 Å². The molecule has 3 aromatic rings. The van der Waals surface area contributed by atoms with Crippen molar-refractivity contribution in [2.75, 3.05) is 0 Å². The van der Waals surface area contributed by atoms with Crippen LogP contribution in [0.5, 0.6) is 0 Å². The summed E-state index contributed by atoms with van der Waals surface area (Å²) in [6, 6.07) is 22.8. The molecule has 38 heavy (non-hydrogen) atoms. The highest BCUT2D eigenvalue weighted by molar-refractivity contribution is 6.03. The zero-order valence-corrected chi connectivity index (χ0v) is 23.6. The first kappa shape index (κ1) is 28.5. The third kappa shape index (κ3) is 7.48. The Balaban J connectivity index is 1.60. The molecule has 0 fully saturated rings. The van der Waals surface area contributed by atoms with Crippen molar-refractivity contribution in [3.63, 3.8) is 0 Å². The Hall–Kier alpha value is -4.06. The summed E-state index contributed by atoms with van der Waals surface area (Å²) in [6.45, 7) is 16.5. The maximum atomic E-state index is 12.5. The number of carbonyl (C=O) groups excluding carboxylic acids is 2. The lowest BCUT2D eigenvalue weighted by Crippen LogP contribution is -2.20. The monoisotopic (exact) mass is 510 g/mol. The van der Waals surface area contributed by atoms with E-state index >= 15 is 0 Å². The highest BCUT2D eigenvalue weighted by Gasteiger charge is 2.15. The summed E-state index contributed by atoms with van der Waals surface area (Å²) < 4.78 is 0. The first-order valence-electron chi connectivity index (χ1n) is 12.8. The van der Waals surface area contributed by atoms with E-state index < -0.39 is 0 Å². The number of amides is 2. The molecule has 0 unspecified atom stereocenters. The maximum absolute atomic E-state index is 12.5. The van der Waals surface area contributed by atoms with Gasteiger partial charge in [-0.15, -0.1) is 0 Å². The van der Waals surface area contributed by atoms with Crippen molar-refractivity contribution in [3.8, 4) is 0 Å². The van der Waals surface area contributed by atoms with Crippen LogP contribution < -0.4 is 10.9 Å². The van der Waals surface area contributed by atoms with Gasteiger partial charge in [0.1, 0.15) is 0 Å². The van der Waals surface area contributed by atoms with Gasteiger partial charge in [-0.05, 0) is 71.2 Å². The summed E-state index contributed by atoms with van der Waals surface area (Å²) in [7, 11) is 0. The third-order valence-corrected chi connectivity index (χ3v) is 6.40. The molecule has 0 aliphatic rings. The van der Waals surface area contributed by atoms with Gasteiger partial charge in [0, 0.05) is 11.1 Å². The molecule has 6 heteroatoms. The van der Waals surface area contributed by atoms with Crippen LogP contribution in [0.15, 0.2) is 83.0 Å². The number of nitrogens with zero attached hydrogens (tertiary/aromatic N) is 2. The zero-order chi connectivity index (χ0) is 28.1. The van der Waals surface area contributed by atoms with Crippen LogP contribution in [0, 0.1) is 0 Å². The van der Waals surface area contributed by atoms with Crippen molar-refractivity contribution in [2.45, 2.75) is 66.2 Å². The summed E-state index contributed by atoms with van der Waals surface area (Å²) in [5.74, 6) is -0.513. The van der Waals surface area contributed by atoms with Crippen molar-refractivity contribution >= 4 is 23.2 Å². The lowest BCUT2D eigenvalue weighted by atomic mass is 9.87. The van der Waals surface area contributed by atoms with Gasteiger partial charge in [-0.2, -0.15) is 10.2 Å². The van der Waals surface area contributed by atoms with Crippen LogP contribution in [0.25, 0.3) is 0 Å². The third-order valence-electron chi connectivity index (χ3n) is 6.40. The van der Waals surface area contributed by atoms with Gasteiger partial charge in [-0.1, -0.05) is 90.1 Å². The standard InChI is InChI=1S/C32H38N4O2/c1-21(33-35-29(37)25-13-17-27(18-14-25)31(3,4)5)23-9-11-24(12-10-23)22(2)34-36-30(38)26-15-19-28(20-16-26)32(6,7)8/h9-20H,1-8H3,(H,35,37)(H,36,38). The number of hydrazone groups is 2. The number of nitrogens with one attached hydrogen (secondary N) is 2. The first-order valence-corrected chi connectivity index (χ1v) is 12.8. The van der Waals surface area contributed by atoms with Gasteiger partial charge >= 0.3 is 0 Å². The second kappa shape index (κ2) is 11.5. The lowest BCUT2D eigenvalue weighted by molar-refractivity contribution is 0.0947. The molecule has 0 spiro atoms. The van der Waals surface area contributed by atoms with E-state index in [1.807, 2.05) is 86.6 Å². The van der Waals surface area contributed by atoms with Gasteiger partial charge in [-0.25, -0.2) is 10.9 Å². The SMILES string of the molecule is CC(=NNC(=O)c1ccc(C(C)(C)C)cc1)c1ccc(C(C)=NNC(=O)c2ccc(C(C)(C)C)cc2)cc1. The Morgan fingerprint density at radius 2 is 0.763 bits per heavy atom. The smallest absolute Gasteiger partial charge is 0.267 e. The van der Waals surface area contributed by atoms with Crippen molar-refractivity contribution in [3.05, 3.63) is 106 Å². The summed E-state index contributed by atoms with van der Waals surface area (Å²) in [4.78, 5) is 25.0. The minimum absolute atomic E-state index is 0.0307. The predicted molar refractivity (Wildman–Crippen MR) is 156 cm³/mol. The van der Waals surface area contributed by atoms with Crippen LogP contribution >= 0.6 is 0 Å². The van der Waals surface area contributed by atoms with Gasteiger partial charge in [0.25, 0.3) is 11.8 Å². The van der Waals surface area contributed by atoms with Gasteiger partial charge in [0.2, 0.25) is 0 Å². The molecule has 0 atom stereocenters. The largest absolute Gasteiger partial charge is 0.271 e. The van der Waals surface area contributed by atoms with Gasteiger partial charge in [-0.3, -0.25) is 9.59 Å². The highest BCUT2D eigenvalue weighted by Crippen LogP contribution is 2.23. The van der Waals surface area contributed by atoms with Crippen LogP contribution in [-0.4, -0.2) is 23.2 Å². The Labute approximate surface area is 226 Å². The van der Waals surface area contributed by atoms with Crippen molar-refractivity contribution in [1.82, 2.24) is 10.9 Å². The van der Waals surface area contributed by atoms with Crippen LogP contribution in [0.1, 0.15) is 98.4 Å². The summed E-state index contributed by atoms with van der Waals surface area (Å²) in [6.07, 6.45) is 0. The summed E-state index contributed by atoms with van der Waals surface area (Å²) >= 11 is 0. The minimum Gasteiger partial charge on any atom is -0.267 e. The van der Waals surface area contributed by atoms with Crippen LogP contribution in [0.3, 0.4) is 0 Å². The molecule has 3 aromatic carbocycles. The van der Waals surface area contributed by atoms with E-state index in [1.165, 1.54) is 11.1 Å². The molecule has 0 bridgehead atoms. The summed E-state index contributed by atoms with van der Waals surface area (Å²) in [5, 5.41) is 8.52. The zero-order valence-electron chi connectivity index (χ0n) is 23.6. The molecule has 198 valence electrons. The highest BCUT2D eigenvalue weighted by atomic mass is 16.2. The normalized spacial score (nSPS) is 12.7. The first-order chi connectivity index (χ1) is 17.8. The van der Waals surface area contributed by atoms with E-state index in [1.54, 1.807) is 0 Å². The topological polar surface area (TPSA) is 82.9 Å². The molecule has 2 amide bonds. The van der Waals surface area contributed by atoms with E-state index in [0.717, 1.165) is 11.1 Å². The number of carbonyl (C=O) groups is 2. The van der Waals surface area contributed by atoms with E-state index in [9.17, 15) is 9.59 Å². The van der Waals surface area contributed by atoms with E-state index in [4.69, 9.17) is 0 Å². The Morgan fingerprint density at radius 3 is 1.03 bits per heavy atom. The predicted octanol–water partition coefficient (Wildman–Crippen LogP) is 6.59. The van der Waals surface area contributed by atoms with Gasteiger partial charge < -0.3 is 0 Å². The average Bonchev–Trinajstić information content (AvgIpc) is 2.89. The maximum Gasteiger partial charge on any atom is 0.271 e. The Bertz CT molecular complexity index is 1230. The number of hydrogen-bond acceptors (Lipinski definition) is 4. The number of hydrogen-bond donors (Lipinski definition) is 2. The molecule has 0 aromatic heterocycles. The molecule has 0 saturated carbocycles. The fourth-order valence-electron chi connectivity index (χ4n) is 3.72. The van der Waals surface area contributed by atoms with Crippen molar-refractivity contribution < 1.29 is 9.59 Å². The molecule has 0 radical (unpaired) electrons. The number of benzene rings is 3. The van der Waals surface area contributed by atoms with Crippen molar-refractivity contribution in [2.24, 2.45) is 10.2 Å². The van der Waals surface area contributed by atoms with Crippen LogP contribution in [0.4, 0.5) is 0 Å². The fraction of sp³-hybridized carbons (Fsp3) is 0.312. The number of rotatable bonds is 6.